The van der Waals surface area contributed by atoms with E-state index < -0.39 is 12.7 Å². The van der Waals surface area contributed by atoms with Crippen LogP contribution in [0.4, 0.5) is 13.2 Å². The van der Waals surface area contributed by atoms with E-state index in [2.05, 4.69) is 50.4 Å². The molecule has 2 atom stereocenters. The number of piperidine rings is 2. The number of likely N-dealkylation sites (tertiary alicyclic amines) is 2. The molecule has 1 aromatic rings. The molecule has 0 amide bonds. The van der Waals surface area contributed by atoms with Crippen molar-refractivity contribution in [1.29, 1.82) is 0 Å². The van der Waals surface area contributed by atoms with E-state index in [1.165, 1.54) is 30.4 Å². The highest BCUT2D eigenvalue weighted by Gasteiger charge is 2.36. The molecule has 0 aliphatic carbocycles. The van der Waals surface area contributed by atoms with Gasteiger partial charge in [0.15, 0.2) is 5.96 Å². The number of fused-ring (bicyclic) bond motifs is 1. The predicted octanol–water partition coefficient (Wildman–Crippen LogP) is 3.66. The molecule has 0 aromatic heterocycles. The first-order valence-corrected chi connectivity index (χ1v) is 10.8. The summed E-state index contributed by atoms with van der Waals surface area (Å²) in [4.78, 5) is 10.6. The molecule has 31 heavy (non-hydrogen) atoms. The molecule has 5 nitrogen and oxygen atoms in total. The number of halogens is 4. The van der Waals surface area contributed by atoms with E-state index in [1.54, 1.807) is 7.05 Å². The zero-order chi connectivity index (χ0) is 21.6. The maximum absolute atomic E-state index is 12.5. The number of likely N-dealkylation sites (N-methyl/N-ethyl adjacent to an activating group) is 1. The van der Waals surface area contributed by atoms with Crippen molar-refractivity contribution >= 4 is 29.9 Å². The first-order valence-electron chi connectivity index (χ1n) is 10.8. The number of nitrogens with zero attached hydrogens (tertiary/aromatic N) is 4. The summed E-state index contributed by atoms with van der Waals surface area (Å²) in [7, 11) is 3.24. The molecule has 3 rings (SSSR count). The highest BCUT2D eigenvalue weighted by molar-refractivity contribution is 14.0. The van der Waals surface area contributed by atoms with Gasteiger partial charge in [0.2, 0.25) is 0 Å². The van der Waals surface area contributed by atoms with Crippen LogP contribution >= 0.6 is 24.0 Å². The first-order chi connectivity index (χ1) is 14.4. The monoisotopic (exact) mass is 553 g/mol. The summed E-state index contributed by atoms with van der Waals surface area (Å²) in [6.45, 7) is 3.90. The van der Waals surface area contributed by atoms with Crippen molar-refractivity contribution in [2.45, 2.75) is 38.0 Å². The lowest BCUT2D eigenvalue weighted by molar-refractivity contribution is -0.142. The van der Waals surface area contributed by atoms with E-state index in [0.29, 0.717) is 25.0 Å². The van der Waals surface area contributed by atoms with Gasteiger partial charge in [-0.15, -0.1) is 24.0 Å². The predicted molar refractivity (Wildman–Crippen MR) is 130 cm³/mol. The van der Waals surface area contributed by atoms with Crippen molar-refractivity contribution in [3.63, 3.8) is 0 Å². The topological polar surface area (TPSA) is 34.1 Å². The molecule has 0 radical (unpaired) electrons. The van der Waals surface area contributed by atoms with Gasteiger partial charge in [0.05, 0.1) is 6.54 Å². The van der Waals surface area contributed by atoms with Crippen LogP contribution in [-0.2, 0) is 6.54 Å². The third-order valence-corrected chi connectivity index (χ3v) is 6.15. The second-order valence-electron chi connectivity index (χ2n) is 8.49. The fourth-order valence-electron chi connectivity index (χ4n) is 4.79. The average Bonchev–Trinajstić information content (AvgIpc) is 2.70. The molecular formula is C22H35F3IN5. The maximum Gasteiger partial charge on any atom is 0.401 e. The molecule has 2 heterocycles. The van der Waals surface area contributed by atoms with Crippen molar-refractivity contribution in [3.05, 3.63) is 35.9 Å². The van der Waals surface area contributed by atoms with Crippen LogP contribution in [0.3, 0.4) is 0 Å². The lowest BCUT2D eigenvalue weighted by Crippen LogP contribution is -2.57. The van der Waals surface area contributed by atoms with E-state index in [4.69, 9.17) is 0 Å². The molecule has 2 fully saturated rings. The summed E-state index contributed by atoms with van der Waals surface area (Å²) < 4.78 is 37.4. The smallest absolute Gasteiger partial charge is 0.355 e. The summed E-state index contributed by atoms with van der Waals surface area (Å²) in [5.41, 5.74) is 1.36. The molecule has 2 aliphatic rings. The van der Waals surface area contributed by atoms with Crippen LogP contribution in [0.15, 0.2) is 35.3 Å². The van der Waals surface area contributed by atoms with Crippen LogP contribution in [0.5, 0.6) is 0 Å². The van der Waals surface area contributed by atoms with E-state index in [0.717, 1.165) is 38.6 Å². The normalized spacial score (nSPS) is 22.8. The second kappa shape index (κ2) is 12.2. The molecule has 1 N–H and O–H groups in total. The molecule has 2 saturated heterocycles. The van der Waals surface area contributed by atoms with Gasteiger partial charge in [-0.25, -0.2) is 0 Å². The molecule has 2 aliphatic heterocycles. The lowest BCUT2D eigenvalue weighted by atomic mass is 9.83. The number of aliphatic imine (C=N–C) groups is 1. The Morgan fingerprint density at radius 2 is 1.94 bits per heavy atom. The summed E-state index contributed by atoms with van der Waals surface area (Å²) in [5, 5.41) is 3.26. The van der Waals surface area contributed by atoms with Crippen LogP contribution < -0.4 is 5.32 Å². The first kappa shape index (κ1) is 26.2. The molecule has 0 saturated carbocycles. The summed E-state index contributed by atoms with van der Waals surface area (Å²) in [6, 6.07) is 11.2. The van der Waals surface area contributed by atoms with Crippen LogP contribution in [0, 0.1) is 5.92 Å². The Balaban J connectivity index is 0.00000341. The minimum absolute atomic E-state index is 0. The minimum Gasteiger partial charge on any atom is -0.355 e. The van der Waals surface area contributed by atoms with Gasteiger partial charge in [0.1, 0.15) is 0 Å². The quantitative estimate of drug-likeness (QED) is 0.332. The fourth-order valence-corrected chi connectivity index (χ4v) is 4.79. The van der Waals surface area contributed by atoms with Crippen LogP contribution in [0.25, 0.3) is 0 Å². The Labute approximate surface area is 201 Å². The summed E-state index contributed by atoms with van der Waals surface area (Å²) in [6.07, 6.45) is -0.648. The largest absolute Gasteiger partial charge is 0.401 e. The number of benzene rings is 1. The summed E-state index contributed by atoms with van der Waals surface area (Å²) >= 11 is 0. The zero-order valence-electron chi connectivity index (χ0n) is 18.4. The number of hydrogen-bond acceptors (Lipinski definition) is 3. The molecule has 176 valence electrons. The van der Waals surface area contributed by atoms with E-state index in [-0.39, 0.29) is 24.0 Å². The lowest BCUT2D eigenvalue weighted by Gasteiger charge is -2.48. The zero-order valence-corrected chi connectivity index (χ0v) is 20.8. The molecule has 0 bridgehead atoms. The van der Waals surface area contributed by atoms with Gasteiger partial charge in [-0.05, 0) is 44.3 Å². The third-order valence-electron chi connectivity index (χ3n) is 6.15. The van der Waals surface area contributed by atoms with Crippen molar-refractivity contribution in [1.82, 2.24) is 20.0 Å². The van der Waals surface area contributed by atoms with Gasteiger partial charge in [0.25, 0.3) is 0 Å². The number of nitrogens with one attached hydrogen (secondary N) is 1. The van der Waals surface area contributed by atoms with E-state index in [9.17, 15) is 13.2 Å². The minimum atomic E-state index is -4.16. The van der Waals surface area contributed by atoms with Crippen molar-refractivity contribution in [2.24, 2.45) is 10.9 Å². The Morgan fingerprint density at radius 3 is 2.61 bits per heavy atom. The van der Waals surface area contributed by atoms with Crippen LogP contribution in [0.1, 0.15) is 24.8 Å². The Bertz CT molecular complexity index is 685. The number of rotatable bonds is 6. The standard InChI is InChI=1S/C22H34F3N5.HI/c1-26-21(27-11-14-28(2)17-22(23,24)25)30-13-10-20-19(16-30)9-6-12-29(20)15-18-7-4-3-5-8-18;/h3-5,7-8,19-20H,6,9-17H2,1-2H3,(H,26,27);1H. The van der Waals surface area contributed by atoms with Gasteiger partial charge in [-0.3, -0.25) is 14.8 Å². The van der Waals surface area contributed by atoms with E-state index in [1.807, 2.05) is 0 Å². The Morgan fingerprint density at radius 1 is 1.19 bits per heavy atom. The number of alkyl halides is 3. The number of hydrogen-bond donors (Lipinski definition) is 1. The fraction of sp³-hybridized carbons (Fsp3) is 0.682. The van der Waals surface area contributed by atoms with Crippen LogP contribution in [-0.4, -0.2) is 86.2 Å². The number of guanidine groups is 1. The highest BCUT2D eigenvalue weighted by Crippen LogP contribution is 2.31. The van der Waals surface area contributed by atoms with E-state index >= 15 is 0 Å². The maximum atomic E-state index is 12.5. The van der Waals surface area contributed by atoms with Gasteiger partial charge < -0.3 is 10.2 Å². The molecule has 1 aromatic carbocycles. The van der Waals surface area contributed by atoms with Crippen LogP contribution in [0.2, 0.25) is 0 Å². The molecular weight excluding hydrogens is 518 g/mol. The van der Waals surface area contributed by atoms with Gasteiger partial charge >= 0.3 is 6.18 Å². The Hall–Kier alpha value is -1.07. The molecule has 9 heteroatoms. The highest BCUT2D eigenvalue weighted by atomic mass is 127. The van der Waals surface area contributed by atoms with Gasteiger partial charge in [0, 0.05) is 45.8 Å². The second-order valence-corrected chi connectivity index (χ2v) is 8.49. The van der Waals surface area contributed by atoms with Gasteiger partial charge in [-0.1, -0.05) is 30.3 Å². The van der Waals surface area contributed by atoms with Crippen molar-refractivity contribution < 1.29 is 13.2 Å². The summed E-state index contributed by atoms with van der Waals surface area (Å²) in [5.74, 6) is 1.40. The average molecular weight is 553 g/mol. The Kier molecular flexibility index (Phi) is 10.3. The SMILES string of the molecule is CN=C(NCCN(C)CC(F)(F)F)N1CCC2C(CCCN2Cc2ccccc2)C1.I. The third kappa shape index (κ3) is 8.09. The van der Waals surface area contributed by atoms with Crippen molar-refractivity contribution in [3.8, 4) is 0 Å². The molecule has 2 unspecified atom stereocenters. The van der Waals surface area contributed by atoms with Crippen molar-refractivity contribution in [2.75, 3.05) is 53.4 Å². The molecule has 0 spiro atoms. The van der Waals surface area contributed by atoms with Gasteiger partial charge in [-0.2, -0.15) is 13.2 Å².